The van der Waals surface area contributed by atoms with E-state index in [0.29, 0.717) is 0 Å². The van der Waals surface area contributed by atoms with Gasteiger partial charge in [0.05, 0.1) is 0 Å². The number of hydrogen-bond acceptors (Lipinski definition) is 2. The van der Waals surface area contributed by atoms with Gasteiger partial charge < -0.3 is 0 Å². The minimum atomic E-state index is -0.518. The van der Waals surface area contributed by atoms with Gasteiger partial charge in [0.25, 0.3) is 0 Å². The number of rotatable bonds is 4. The van der Waals surface area contributed by atoms with Crippen LogP contribution in [0.15, 0.2) is 65.6 Å². The van der Waals surface area contributed by atoms with E-state index in [9.17, 15) is 4.79 Å². The minimum absolute atomic E-state index is 0.238. The second kappa shape index (κ2) is 6.26. The first kappa shape index (κ1) is 12.7. The van der Waals surface area contributed by atoms with E-state index in [4.69, 9.17) is 4.18 Å². The number of carbonyl (C=O) groups is 1. The van der Waals surface area contributed by atoms with E-state index in [1.807, 2.05) is 60.7 Å². The molecule has 0 bridgehead atoms. The topological polar surface area (TPSA) is 26.3 Å². The zero-order valence-corrected chi connectivity index (χ0v) is 11.0. The molecule has 2 aromatic rings. The van der Waals surface area contributed by atoms with Crippen LogP contribution >= 0.6 is 0 Å². The predicted molar refractivity (Wildman–Crippen MR) is 74.0 cm³/mol. The summed E-state index contributed by atoms with van der Waals surface area (Å²) in [7, 11) is 0. The Hall–Kier alpha value is -1.74. The van der Waals surface area contributed by atoms with Gasteiger partial charge in [-0.25, -0.2) is 8.98 Å². The molecule has 1 atom stereocenters. The standard InChI is InChI=1S/C15H15O2S/c1-13(16)17-18(15-10-6-3-7-11-15)12-14-8-4-2-5-9-14/h2-11H,12H2,1H3/q+1. The minimum Gasteiger partial charge on any atom is -0.247 e. The molecule has 0 amide bonds. The Kier molecular flexibility index (Phi) is 4.42. The van der Waals surface area contributed by atoms with Crippen molar-refractivity contribution in [2.75, 3.05) is 0 Å². The highest BCUT2D eigenvalue weighted by molar-refractivity contribution is 7.92. The molecule has 0 heterocycles. The van der Waals surface area contributed by atoms with E-state index < -0.39 is 11.2 Å². The molecule has 0 aliphatic heterocycles. The Morgan fingerprint density at radius 1 is 1.00 bits per heavy atom. The Morgan fingerprint density at radius 3 is 2.11 bits per heavy atom. The van der Waals surface area contributed by atoms with Gasteiger partial charge in [-0.1, -0.05) is 48.5 Å². The van der Waals surface area contributed by atoms with Crippen LogP contribution in [-0.4, -0.2) is 5.97 Å². The number of carbonyl (C=O) groups excluding carboxylic acids is 1. The van der Waals surface area contributed by atoms with Crippen molar-refractivity contribution in [2.45, 2.75) is 17.6 Å². The van der Waals surface area contributed by atoms with Crippen molar-refractivity contribution in [3.05, 3.63) is 66.2 Å². The summed E-state index contributed by atoms with van der Waals surface area (Å²) in [6.07, 6.45) is 0. The lowest BCUT2D eigenvalue weighted by Crippen LogP contribution is -2.13. The average molecular weight is 259 g/mol. The van der Waals surface area contributed by atoms with Crippen molar-refractivity contribution in [1.82, 2.24) is 0 Å². The number of hydrogen-bond donors (Lipinski definition) is 0. The van der Waals surface area contributed by atoms with Crippen LogP contribution in [0.3, 0.4) is 0 Å². The fraction of sp³-hybridized carbons (Fsp3) is 0.133. The molecule has 0 N–H and O–H groups in total. The summed E-state index contributed by atoms with van der Waals surface area (Å²) in [4.78, 5) is 12.3. The van der Waals surface area contributed by atoms with Crippen LogP contribution < -0.4 is 0 Å². The van der Waals surface area contributed by atoms with Gasteiger partial charge in [0.1, 0.15) is 0 Å². The highest BCUT2D eigenvalue weighted by Crippen LogP contribution is 2.20. The summed E-state index contributed by atoms with van der Waals surface area (Å²) in [6, 6.07) is 19.9. The van der Waals surface area contributed by atoms with Gasteiger partial charge in [-0.15, -0.1) is 0 Å². The van der Waals surface area contributed by atoms with Crippen LogP contribution in [0.5, 0.6) is 0 Å². The van der Waals surface area contributed by atoms with Gasteiger partial charge in [-0.3, -0.25) is 0 Å². The Morgan fingerprint density at radius 2 is 1.56 bits per heavy atom. The maximum absolute atomic E-state index is 11.2. The molecule has 1 unspecified atom stereocenters. The maximum Gasteiger partial charge on any atom is 0.361 e. The monoisotopic (exact) mass is 259 g/mol. The van der Waals surface area contributed by atoms with Gasteiger partial charge in [0, 0.05) is 12.5 Å². The highest BCUT2D eigenvalue weighted by Gasteiger charge is 2.27. The first-order valence-electron chi connectivity index (χ1n) is 5.74. The second-order valence-corrected chi connectivity index (χ2v) is 5.48. The van der Waals surface area contributed by atoms with Crippen molar-refractivity contribution in [3.8, 4) is 0 Å². The van der Waals surface area contributed by atoms with E-state index >= 15 is 0 Å². The molecule has 0 fully saturated rings. The van der Waals surface area contributed by atoms with Gasteiger partial charge in [-0.2, -0.15) is 0 Å². The normalized spacial score (nSPS) is 11.8. The molecular formula is C15H15O2S+. The molecule has 0 aliphatic carbocycles. The third-order valence-electron chi connectivity index (χ3n) is 2.36. The molecule has 3 heteroatoms. The van der Waals surface area contributed by atoms with Crippen molar-refractivity contribution >= 4 is 17.1 Å². The Bertz CT molecular complexity index is 496. The van der Waals surface area contributed by atoms with E-state index in [1.54, 1.807) is 0 Å². The van der Waals surface area contributed by atoms with Gasteiger partial charge >= 0.3 is 5.97 Å². The van der Waals surface area contributed by atoms with E-state index in [0.717, 1.165) is 10.6 Å². The quantitative estimate of drug-likeness (QED) is 0.787. The Balaban J connectivity index is 2.18. The smallest absolute Gasteiger partial charge is 0.247 e. The second-order valence-electron chi connectivity index (χ2n) is 3.86. The van der Waals surface area contributed by atoms with Gasteiger partial charge in [0.2, 0.25) is 16.1 Å². The number of benzene rings is 2. The fourth-order valence-corrected chi connectivity index (χ4v) is 3.16. The van der Waals surface area contributed by atoms with Crippen molar-refractivity contribution in [3.63, 3.8) is 0 Å². The maximum atomic E-state index is 11.2. The van der Waals surface area contributed by atoms with Crippen molar-refractivity contribution < 1.29 is 8.98 Å². The van der Waals surface area contributed by atoms with Crippen LogP contribution in [-0.2, 0) is 25.9 Å². The molecule has 0 aliphatic rings. The van der Waals surface area contributed by atoms with Crippen LogP contribution in [0.4, 0.5) is 0 Å². The van der Waals surface area contributed by atoms with Crippen LogP contribution in [0.1, 0.15) is 12.5 Å². The first-order valence-corrected chi connectivity index (χ1v) is 7.06. The fourth-order valence-electron chi connectivity index (χ4n) is 1.60. The Labute approximate surface area is 110 Å². The lowest BCUT2D eigenvalue weighted by atomic mass is 10.2. The molecule has 92 valence electrons. The SMILES string of the molecule is CC(=O)O[S+](Cc1ccccc1)c1ccccc1. The molecule has 2 nitrogen and oxygen atoms in total. The molecular weight excluding hydrogens is 244 g/mol. The molecule has 0 saturated heterocycles. The average Bonchev–Trinajstić information content (AvgIpc) is 2.40. The van der Waals surface area contributed by atoms with Gasteiger partial charge in [-0.05, 0) is 12.1 Å². The lowest BCUT2D eigenvalue weighted by molar-refractivity contribution is -0.130. The third-order valence-corrected chi connectivity index (χ3v) is 4.19. The predicted octanol–water partition coefficient (Wildman–Crippen LogP) is 3.34. The van der Waals surface area contributed by atoms with Crippen molar-refractivity contribution in [2.24, 2.45) is 0 Å². The summed E-state index contributed by atoms with van der Waals surface area (Å²) in [6.45, 7) is 1.45. The molecule has 2 rings (SSSR count). The molecule has 0 saturated carbocycles. The van der Waals surface area contributed by atoms with E-state index in [1.165, 1.54) is 12.5 Å². The summed E-state index contributed by atoms with van der Waals surface area (Å²) < 4.78 is 5.43. The van der Waals surface area contributed by atoms with E-state index in [-0.39, 0.29) is 5.97 Å². The summed E-state index contributed by atoms with van der Waals surface area (Å²) in [5.74, 6) is 0.489. The summed E-state index contributed by atoms with van der Waals surface area (Å²) in [5.41, 5.74) is 1.17. The van der Waals surface area contributed by atoms with Crippen molar-refractivity contribution in [1.29, 1.82) is 0 Å². The van der Waals surface area contributed by atoms with Crippen LogP contribution in [0.25, 0.3) is 0 Å². The van der Waals surface area contributed by atoms with Crippen LogP contribution in [0.2, 0.25) is 0 Å². The van der Waals surface area contributed by atoms with E-state index in [2.05, 4.69) is 0 Å². The third kappa shape index (κ3) is 3.64. The largest absolute Gasteiger partial charge is 0.361 e. The van der Waals surface area contributed by atoms with Crippen LogP contribution in [0, 0.1) is 0 Å². The molecule has 18 heavy (non-hydrogen) atoms. The molecule has 0 spiro atoms. The molecule has 0 radical (unpaired) electrons. The lowest BCUT2D eigenvalue weighted by Gasteiger charge is -2.05. The summed E-state index contributed by atoms with van der Waals surface area (Å²) >= 11 is -0.518. The van der Waals surface area contributed by atoms with Gasteiger partial charge in [0.15, 0.2) is 5.75 Å². The molecule has 2 aromatic carbocycles. The summed E-state index contributed by atoms with van der Waals surface area (Å²) in [5, 5.41) is 0. The zero-order valence-electron chi connectivity index (χ0n) is 10.2. The zero-order chi connectivity index (χ0) is 12.8. The molecule has 0 aromatic heterocycles. The highest BCUT2D eigenvalue weighted by atomic mass is 32.2. The first-order chi connectivity index (χ1) is 8.75.